The van der Waals surface area contributed by atoms with Gasteiger partial charge in [0.15, 0.2) is 11.6 Å². The minimum atomic E-state index is 0.146. The van der Waals surface area contributed by atoms with E-state index in [1.165, 1.54) is 4.88 Å². The number of aryl methyl sites for hydroxylation is 1. The van der Waals surface area contributed by atoms with Gasteiger partial charge in [0.25, 0.3) is 0 Å². The van der Waals surface area contributed by atoms with Crippen molar-refractivity contribution in [3.8, 4) is 10.7 Å². The highest BCUT2D eigenvalue weighted by molar-refractivity contribution is 7.15. The van der Waals surface area contributed by atoms with Gasteiger partial charge in [0.2, 0.25) is 0 Å². The van der Waals surface area contributed by atoms with Crippen molar-refractivity contribution in [1.29, 1.82) is 0 Å². The summed E-state index contributed by atoms with van der Waals surface area (Å²) in [4.78, 5) is 23.2. The highest BCUT2D eigenvalue weighted by atomic mass is 32.1. The number of aromatic nitrogens is 2. The average Bonchev–Trinajstić information content (AvgIpc) is 2.88. The lowest BCUT2D eigenvalue weighted by atomic mass is 9.95. The van der Waals surface area contributed by atoms with E-state index >= 15 is 0 Å². The molecule has 0 saturated heterocycles. The van der Waals surface area contributed by atoms with Crippen LogP contribution >= 0.6 is 11.3 Å². The lowest BCUT2D eigenvalue weighted by Gasteiger charge is -2.15. The van der Waals surface area contributed by atoms with Gasteiger partial charge in [-0.1, -0.05) is 20.8 Å². The van der Waals surface area contributed by atoms with E-state index in [1.54, 1.807) is 17.5 Å². The van der Waals surface area contributed by atoms with Crippen LogP contribution in [0.1, 0.15) is 54.5 Å². The standard InChI is InChI=1S/C16H18N2OS/c1-16(2,3)14-8-7-13(20-14)15-17-9-10-11(18-15)5-4-6-12(10)19/h7-9H,4-6H2,1-3H3. The highest BCUT2D eigenvalue weighted by Crippen LogP contribution is 2.34. The Balaban J connectivity index is 1.99. The van der Waals surface area contributed by atoms with Crippen molar-refractivity contribution in [2.75, 3.05) is 0 Å². The summed E-state index contributed by atoms with van der Waals surface area (Å²) < 4.78 is 0. The van der Waals surface area contributed by atoms with Crippen LogP contribution in [0.15, 0.2) is 18.3 Å². The molecule has 2 aromatic heterocycles. The zero-order chi connectivity index (χ0) is 14.3. The molecule has 0 bridgehead atoms. The lowest BCUT2D eigenvalue weighted by molar-refractivity contribution is 0.0971. The van der Waals surface area contributed by atoms with Crippen molar-refractivity contribution in [3.05, 3.63) is 34.5 Å². The molecule has 104 valence electrons. The van der Waals surface area contributed by atoms with Gasteiger partial charge in [-0.15, -0.1) is 11.3 Å². The van der Waals surface area contributed by atoms with Crippen LogP contribution in [0.25, 0.3) is 10.7 Å². The number of fused-ring (bicyclic) bond motifs is 1. The second-order valence-corrected chi connectivity index (χ2v) is 7.33. The number of hydrogen-bond acceptors (Lipinski definition) is 4. The molecule has 0 unspecified atom stereocenters. The third kappa shape index (κ3) is 2.40. The van der Waals surface area contributed by atoms with Crippen LogP contribution in [0.3, 0.4) is 0 Å². The quantitative estimate of drug-likeness (QED) is 0.795. The summed E-state index contributed by atoms with van der Waals surface area (Å²) in [5.41, 5.74) is 1.78. The third-order valence-electron chi connectivity index (χ3n) is 3.55. The number of nitrogens with zero attached hydrogens (tertiary/aromatic N) is 2. The molecule has 4 heteroatoms. The first kappa shape index (κ1) is 13.4. The molecule has 0 radical (unpaired) electrons. The van der Waals surface area contributed by atoms with E-state index < -0.39 is 0 Å². The number of carbonyl (C=O) groups is 1. The number of ketones is 1. The molecule has 0 saturated carbocycles. The fourth-order valence-corrected chi connectivity index (χ4v) is 3.38. The van der Waals surface area contributed by atoms with Crippen LogP contribution in [0, 0.1) is 0 Å². The summed E-state index contributed by atoms with van der Waals surface area (Å²) in [6.07, 6.45) is 4.12. The van der Waals surface area contributed by atoms with Crippen LogP contribution in [-0.4, -0.2) is 15.8 Å². The summed E-state index contributed by atoms with van der Waals surface area (Å²) >= 11 is 1.73. The van der Waals surface area contributed by atoms with Gasteiger partial charge in [-0.05, 0) is 30.4 Å². The van der Waals surface area contributed by atoms with E-state index in [4.69, 9.17) is 0 Å². The molecule has 0 N–H and O–H groups in total. The van der Waals surface area contributed by atoms with E-state index in [-0.39, 0.29) is 11.2 Å². The Labute approximate surface area is 123 Å². The van der Waals surface area contributed by atoms with Crippen molar-refractivity contribution in [1.82, 2.24) is 9.97 Å². The molecule has 1 aliphatic rings. The summed E-state index contributed by atoms with van der Waals surface area (Å²) in [5.74, 6) is 0.929. The molecule has 1 aliphatic carbocycles. The van der Waals surface area contributed by atoms with E-state index in [1.807, 2.05) is 0 Å². The number of thiophene rings is 1. The molecule has 20 heavy (non-hydrogen) atoms. The number of carbonyl (C=O) groups excluding carboxylic acids is 1. The molecule has 3 nitrogen and oxygen atoms in total. The Kier molecular flexibility index (Phi) is 3.21. The minimum absolute atomic E-state index is 0.146. The molecule has 0 fully saturated rings. The van der Waals surface area contributed by atoms with Gasteiger partial charge in [0.05, 0.1) is 16.1 Å². The molecule has 2 aromatic rings. The monoisotopic (exact) mass is 286 g/mol. The lowest BCUT2D eigenvalue weighted by Crippen LogP contribution is -2.13. The number of rotatable bonds is 1. The number of Topliss-reactive ketones (excluding diaryl/α,β-unsaturated/α-hetero) is 1. The predicted molar refractivity (Wildman–Crippen MR) is 81.3 cm³/mol. The third-order valence-corrected chi connectivity index (χ3v) is 5.06. The predicted octanol–water partition coefficient (Wildman–Crippen LogP) is 4.02. The highest BCUT2D eigenvalue weighted by Gasteiger charge is 2.21. The van der Waals surface area contributed by atoms with Crippen LogP contribution in [-0.2, 0) is 11.8 Å². The first-order chi connectivity index (χ1) is 9.45. The maximum absolute atomic E-state index is 11.8. The SMILES string of the molecule is CC(C)(C)c1ccc(-c2ncc3c(n2)CCCC3=O)s1. The van der Waals surface area contributed by atoms with Crippen molar-refractivity contribution < 1.29 is 4.79 Å². The van der Waals surface area contributed by atoms with Crippen molar-refractivity contribution >= 4 is 17.1 Å². The Morgan fingerprint density at radius 2 is 2.00 bits per heavy atom. The zero-order valence-electron chi connectivity index (χ0n) is 12.1. The molecule has 0 aliphatic heterocycles. The van der Waals surface area contributed by atoms with Crippen LogP contribution in [0.2, 0.25) is 0 Å². The van der Waals surface area contributed by atoms with Crippen LogP contribution in [0.5, 0.6) is 0 Å². The first-order valence-corrected chi connectivity index (χ1v) is 7.76. The summed E-state index contributed by atoms with van der Waals surface area (Å²) in [5, 5.41) is 0. The molecule has 3 rings (SSSR count). The Hall–Kier alpha value is -1.55. The summed E-state index contributed by atoms with van der Waals surface area (Å²) in [6.45, 7) is 6.61. The molecule has 0 spiro atoms. The van der Waals surface area contributed by atoms with Gasteiger partial charge in [0.1, 0.15) is 0 Å². The first-order valence-electron chi connectivity index (χ1n) is 6.95. The normalized spacial score (nSPS) is 15.2. The second kappa shape index (κ2) is 4.77. The van der Waals surface area contributed by atoms with Crippen molar-refractivity contribution in [2.45, 2.75) is 45.4 Å². The molecule has 2 heterocycles. The Bertz CT molecular complexity index is 667. The topological polar surface area (TPSA) is 42.9 Å². The number of hydrogen-bond donors (Lipinski definition) is 0. The average molecular weight is 286 g/mol. The molecular weight excluding hydrogens is 268 g/mol. The Morgan fingerprint density at radius 3 is 2.70 bits per heavy atom. The fourth-order valence-electron chi connectivity index (χ4n) is 2.37. The smallest absolute Gasteiger partial charge is 0.169 e. The van der Waals surface area contributed by atoms with Crippen LogP contribution in [0.4, 0.5) is 0 Å². The van der Waals surface area contributed by atoms with Crippen LogP contribution < -0.4 is 0 Å². The van der Waals surface area contributed by atoms with Gasteiger partial charge in [0, 0.05) is 17.5 Å². The minimum Gasteiger partial charge on any atom is -0.294 e. The largest absolute Gasteiger partial charge is 0.294 e. The maximum atomic E-state index is 11.8. The van der Waals surface area contributed by atoms with E-state index in [0.717, 1.165) is 29.2 Å². The maximum Gasteiger partial charge on any atom is 0.169 e. The second-order valence-electron chi connectivity index (χ2n) is 6.24. The van der Waals surface area contributed by atoms with E-state index in [2.05, 4.69) is 42.9 Å². The zero-order valence-corrected chi connectivity index (χ0v) is 12.9. The Morgan fingerprint density at radius 1 is 1.20 bits per heavy atom. The fraction of sp³-hybridized carbons (Fsp3) is 0.438. The van der Waals surface area contributed by atoms with Gasteiger partial charge in [-0.2, -0.15) is 0 Å². The van der Waals surface area contributed by atoms with Crippen molar-refractivity contribution in [2.24, 2.45) is 0 Å². The van der Waals surface area contributed by atoms with Gasteiger partial charge < -0.3 is 0 Å². The summed E-state index contributed by atoms with van der Waals surface area (Å²) in [7, 11) is 0. The summed E-state index contributed by atoms with van der Waals surface area (Å²) in [6, 6.07) is 4.23. The molecule has 0 aromatic carbocycles. The van der Waals surface area contributed by atoms with Crippen molar-refractivity contribution in [3.63, 3.8) is 0 Å². The van der Waals surface area contributed by atoms with Gasteiger partial charge in [-0.25, -0.2) is 9.97 Å². The van der Waals surface area contributed by atoms with E-state index in [9.17, 15) is 4.79 Å². The molecule has 0 atom stereocenters. The molecule has 0 amide bonds. The van der Waals surface area contributed by atoms with E-state index in [0.29, 0.717) is 12.0 Å². The van der Waals surface area contributed by atoms with Gasteiger partial charge in [-0.3, -0.25) is 4.79 Å². The molecular formula is C16H18N2OS. The van der Waals surface area contributed by atoms with Gasteiger partial charge >= 0.3 is 0 Å².